The molecule has 51 heavy (non-hydrogen) atoms. The van der Waals surface area contributed by atoms with Crippen LogP contribution in [0.3, 0.4) is 0 Å². The fraction of sp³-hybridized carbons (Fsp3) is 0.0930. The lowest BCUT2D eigenvalue weighted by Gasteiger charge is -2.23. The second-order valence-corrected chi connectivity index (χ2v) is 13.8. The number of hydrogen-bond donors (Lipinski definition) is 0. The van der Waals surface area contributed by atoms with E-state index in [1.165, 1.54) is 0 Å². The van der Waals surface area contributed by atoms with Crippen LogP contribution in [-0.2, 0) is 36.3 Å². The molecule has 0 aromatic heterocycles. The number of allylic oxidation sites excluding steroid dienone is 1. The quantitative estimate of drug-likeness (QED) is 0.119. The Labute approximate surface area is 297 Å². The van der Waals surface area contributed by atoms with Crippen molar-refractivity contribution in [1.29, 1.82) is 0 Å². The Morgan fingerprint density at radius 2 is 0.824 bits per heavy atom. The molecule has 0 amide bonds. The summed E-state index contributed by atoms with van der Waals surface area (Å²) in [5.41, 5.74) is 3.81. The minimum Gasteiger partial charge on any atom is -0.488 e. The summed E-state index contributed by atoms with van der Waals surface area (Å²) in [6, 6.07) is 46.2. The van der Waals surface area contributed by atoms with Gasteiger partial charge in [-0.25, -0.2) is 8.42 Å². The normalized spacial score (nSPS) is 13.1. The average Bonchev–Trinajstić information content (AvgIpc) is 3.17. The van der Waals surface area contributed by atoms with E-state index in [-0.39, 0.29) is 58.9 Å². The second kappa shape index (κ2) is 15.2. The Morgan fingerprint density at radius 1 is 0.431 bits per heavy atom. The molecule has 0 aliphatic carbocycles. The molecule has 7 rings (SSSR count). The van der Waals surface area contributed by atoms with Gasteiger partial charge in [-0.05, 0) is 58.1 Å². The van der Waals surface area contributed by atoms with Gasteiger partial charge in [0.1, 0.15) is 42.8 Å². The van der Waals surface area contributed by atoms with Crippen LogP contribution in [0.1, 0.15) is 38.2 Å². The molecular weight excluding hydrogens is 661 g/mol. The van der Waals surface area contributed by atoms with E-state index in [4.69, 9.17) is 18.9 Å². The number of ether oxygens (including phenoxy) is 4. The molecule has 0 spiro atoms. The second-order valence-electron chi connectivity index (χ2n) is 11.9. The first-order valence-electron chi connectivity index (χ1n) is 16.4. The number of hydrogen-bond acceptors (Lipinski definition) is 7. The van der Waals surface area contributed by atoms with E-state index in [0.29, 0.717) is 11.5 Å². The smallest absolute Gasteiger partial charge is 0.211 e. The van der Waals surface area contributed by atoms with Gasteiger partial charge in [-0.15, -0.1) is 0 Å². The first-order chi connectivity index (χ1) is 25.0. The predicted octanol–water partition coefficient (Wildman–Crippen LogP) is 9.01. The minimum atomic E-state index is -4.32. The number of rotatable bonds is 13. The number of ketones is 1. The predicted molar refractivity (Wildman–Crippen MR) is 195 cm³/mol. The van der Waals surface area contributed by atoms with Crippen molar-refractivity contribution >= 4 is 20.5 Å². The Kier molecular flexibility index (Phi) is 9.94. The molecule has 6 aromatic carbocycles. The summed E-state index contributed by atoms with van der Waals surface area (Å²) >= 11 is 0. The monoisotopic (exact) mass is 694 g/mol. The van der Waals surface area contributed by atoms with Crippen LogP contribution in [0.5, 0.6) is 23.0 Å². The molecule has 1 heterocycles. The van der Waals surface area contributed by atoms with E-state index < -0.39 is 15.6 Å². The highest BCUT2D eigenvalue weighted by atomic mass is 32.2. The molecule has 1 aliphatic heterocycles. The topological polar surface area (TPSA) is 88.1 Å². The van der Waals surface area contributed by atoms with Crippen LogP contribution in [-0.4, -0.2) is 14.2 Å². The molecule has 7 nitrogen and oxygen atoms in total. The van der Waals surface area contributed by atoms with Crippen molar-refractivity contribution in [2.24, 2.45) is 0 Å². The van der Waals surface area contributed by atoms with E-state index in [9.17, 15) is 13.2 Å². The van der Waals surface area contributed by atoms with E-state index in [2.05, 4.69) is 0 Å². The zero-order chi connectivity index (χ0) is 35.0. The van der Waals surface area contributed by atoms with Crippen LogP contribution in [0, 0.1) is 0 Å². The molecule has 0 fully saturated rings. The maximum atomic E-state index is 14.7. The third kappa shape index (κ3) is 7.71. The van der Waals surface area contributed by atoms with Crippen LogP contribution in [0.2, 0.25) is 0 Å². The molecule has 6 aromatic rings. The van der Waals surface area contributed by atoms with Crippen molar-refractivity contribution in [3.63, 3.8) is 0 Å². The van der Waals surface area contributed by atoms with Gasteiger partial charge in [0.15, 0.2) is 17.3 Å². The molecule has 0 saturated carbocycles. The van der Waals surface area contributed by atoms with Crippen LogP contribution in [0.15, 0.2) is 163 Å². The summed E-state index contributed by atoms with van der Waals surface area (Å²) in [6.07, 6.45) is 1.15. The SMILES string of the molecule is O=C1C=C(c2ccc(OCc3ccccc3)c(OCc3ccccc3)c2)S(=O)(=O)c2c(OCc3ccccc3)ccc(OCc3ccccc3)c21. The van der Waals surface area contributed by atoms with Crippen molar-refractivity contribution in [3.05, 3.63) is 191 Å². The van der Waals surface area contributed by atoms with Crippen molar-refractivity contribution in [2.45, 2.75) is 31.3 Å². The molecule has 0 saturated heterocycles. The van der Waals surface area contributed by atoms with Gasteiger partial charge in [0.25, 0.3) is 0 Å². The lowest BCUT2D eigenvalue weighted by Crippen LogP contribution is -2.19. The van der Waals surface area contributed by atoms with Crippen LogP contribution < -0.4 is 18.9 Å². The number of benzene rings is 6. The maximum Gasteiger partial charge on any atom is 0.211 e. The summed E-state index contributed by atoms with van der Waals surface area (Å²) < 4.78 is 53.9. The Hall–Kier alpha value is -6.12. The van der Waals surface area contributed by atoms with Gasteiger partial charge in [0, 0.05) is 6.08 Å². The standard InChI is InChI=1S/C43H34O7S/c44-36-26-41(35-21-22-37(47-27-31-13-5-1-6-14-31)40(25-35)50-30-34-19-11-4-12-20-34)51(45,46)43-39(49-29-33-17-9-3-10-18-33)24-23-38(42(36)43)48-28-32-15-7-2-8-16-32/h1-26H,27-30H2. The molecule has 0 N–H and O–H groups in total. The summed E-state index contributed by atoms with van der Waals surface area (Å²) in [4.78, 5) is 13.6. The maximum absolute atomic E-state index is 14.7. The summed E-state index contributed by atoms with van der Waals surface area (Å²) in [5, 5.41) is 0. The molecule has 0 atom stereocenters. The average molecular weight is 695 g/mol. The van der Waals surface area contributed by atoms with Crippen molar-refractivity contribution in [1.82, 2.24) is 0 Å². The van der Waals surface area contributed by atoms with Crippen LogP contribution in [0.25, 0.3) is 4.91 Å². The fourth-order valence-electron chi connectivity index (χ4n) is 5.73. The van der Waals surface area contributed by atoms with E-state index in [1.807, 2.05) is 121 Å². The summed E-state index contributed by atoms with van der Waals surface area (Å²) in [7, 11) is -4.32. The highest BCUT2D eigenvalue weighted by molar-refractivity contribution is 8.01. The molecule has 0 unspecified atom stereocenters. The first-order valence-corrected chi connectivity index (χ1v) is 17.9. The molecule has 0 bridgehead atoms. The van der Waals surface area contributed by atoms with Gasteiger partial charge < -0.3 is 18.9 Å². The largest absolute Gasteiger partial charge is 0.488 e. The Balaban J connectivity index is 1.26. The van der Waals surface area contributed by atoms with Gasteiger partial charge in [0.2, 0.25) is 9.84 Å². The van der Waals surface area contributed by atoms with Crippen molar-refractivity contribution in [2.75, 3.05) is 0 Å². The minimum absolute atomic E-state index is 0.0585. The number of fused-ring (bicyclic) bond motifs is 1. The fourth-order valence-corrected chi connectivity index (χ4v) is 7.51. The van der Waals surface area contributed by atoms with Gasteiger partial charge in [-0.3, -0.25) is 4.79 Å². The lowest BCUT2D eigenvalue weighted by molar-refractivity contribution is 0.103. The van der Waals surface area contributed by atoms with Crippen LogP contribution >= 0.6 is 0 Å². The van der Waals surface area contributed by atoms with Crippen LogP contribution in [0.4, 0.5) is 0 Å². The van der Waals surface area contributed by atoms with Crippen molar-refractivity contribution < 1.29 is 32.2 Å². The molecule has 254 valence electrons. The first kappa shape index (κ1) is 33.4. The molecule has 0 radical (unpaired) electrons. The third-order valence-electron chi connectivity index (χ3n) is 8.33. The van der Waals surface area contributed by atoms with E-state index >= 15 is 0 Å². The zero-order valence-electron chi connectivity index (χ0n) is 27.6. The highest BCUT2D eigenvalue weighted by Crippen LogP contribution is 2.45. The molecule has 1 aliphatic rings. The van der Waals surface area contributed by atoms with Gasteiger partial charge in [0.05, 0.1) is 10.5 Å². The van der Waals surface area contributed by atoms with Gasteiger partial charge >= 0.3 is 0 Å². The number of carbonyl (C=O) groups excluding carboxylic acids is 1. The summed E-state index contributed by atoms with van der Waals surface area (Å²) in [6.45, 7) is 0.751. The highest BCUT2D eigenvalue weighted by Gasteiger charge is 2.38. The Bertz CT molecular complexity index is 2270. The van der Waals surface area contributed by atoms with E-state index in [0.717, 1.165) is 28.3 Å². The van der Waals surface area contributed by atoms with Gasteiger partial charge in [-0.2, -0.15) is 0 Å². The van der Waals surface area contributed by atoms with Gasteiger partial charge in [-0.1, -0.05) is 121 Å². The number of carbonyl (C=O) groups is 1. The third-order valence-corrected chi connectivity index (χ3v) is 10.2. The molecular formula is C43H34O7S. The lowest BCUT2D eigenvalue weighted by atomic mass is 10.1. The zero-order valence-corrected chi connectivity index (χ0v) is 28.4. The number of sulfone groups is 1. The van der Waals surface area contributed by atoms with E-state index in [1.54, 1.807) is 30.3 Å². The van der Waals surface area contributed by atoms with Crippen molar-refractivity contribution in [3.8, 4) is 23.0 Å². The summed E-state index contributed by atoms with van der Waals surface area (Å²) in [5.74, 6) is 0.466. The Morgan fingerprint density at radius 3 is 1.31 bits per heavy atom. The molecule has 8 heteroatoms.